The van der Waals surface area contributed by atoms with Crippen LogP contribution in [0.1, 0.15) is 22.8 Å². The van der Waals surface area contributed by atoms with Gasteiger partial charge in [0.1, 0.15) is 5.75 Å². The van der Waals surface area contributed by atoms with Crippen molar-refractivity contribution in [1.82, 2.24) is 10.6 Å². The lowest BCUT2D eigenvalue weighted by atomic mass is 10.0. The second-order valence-electron chi connectivity index (χ2n) is 6.18. The minimum atomic E-state index is -0.873. The zero-order chi connectivity index (χ0) is 18.4. The quantitative estimate of drug-likeness (QED) is 0.679. The van der Waals surface area contributed by atoms with E-state index < -0.39 is 17.9 Å². The molecule has 1 aliphatic rings. The molecule has 1 unspecified atom stereocenters. The second-order valence-corrected chi connectivity index (χ2v) is 6.18. The van der Waals surface area contributed by atoms with Gasteiger partial charge in [0.15, 0.2) is 0 Å². The molecule has 0 radical (unpaired) electrons. The van der Waals surface area contributed by atoms with Crippen LogP contribution in [0.2, 0.25) is 0 Å². The van der Waals surface area contributed by atoms with Crippen LogP contribution in [0.5, 0.6) is 5.75 Å². The molecule has 0 aromatic heterocycles. The predicted molar refractivity (Wildman–Crippen MR) is 96.8 cm³/mol. The van der Waals surface area contributed by atoms with Crippen LogP contribution in [0.4, 0.5) is 0 Å². The van der Waals surface area contributed by atoms with Gasteiger partial charge >= 0.3 is 11.8 Å². The number of hydrogen-bond donors (Lipinski definition) is 3. The van der Waals surface area contributed by atoms with E-state index in [0.29, 0.717) is 25.1 Å². The summed E-state index contributed by atoms with van der Waals surface area (Å²) in [6, 6.07) is 15.2. The van der Waals surface area contributed by atoms with Crippen LogP contribution >= 0.6 is 0 Å². The van der Waals surface area contributed by atoms with Crippen molar-refractivity contribution in [2.75, 3.05) is 19.7 Å². The van der Waals surface area contributed by atoms with Crippen LogP contribution in [0.15, 0.2) is 48.5 Å². The predicted octanol–water partition coefficient (Wildman–Crippen LogP) is 1.13. The van der Waals surface area contributed by atoms with E-state index in [0.717, 1.165) is 23.3 Å². The van der Waals surface area contributed by atoms with E-state index >= 15 is 0 Å². The largest absolute Gasteiger partial charge is 0.493 e. The highest BCUT2D eigenvalue weighted by Crippen LogP contribution is 2.27. The number of amides is 2. The number of ether oxygens (including phenoxy) is 1. The van der Waals surface area contributed by atoms with Crippen molar-refractivity contribution < 1.29 is 19.4 Å². The molecule has 0 spiro atoms. The summed E-state index contributed by atoms with van der Waals surface area (Å²) in [5.74, 6) is -0.611. The first kappa shape index (κ1) is 17.9. The maximum absolute atomic E-state index is 11.9. The van der Waals surface area contributed by atoms with Crippen molar-refractivity contribution in [3.05, 3.63) is 65.2 Å². The number of aliphatic hydroxyl groups is 1. The highest BCUT2D eigenvalue weighted by Gasteiger charge is 2.18. The van der Waals surface area contributed by atoms with E-state index in [2.05, 4.69) is 10.6 Å². The third-order valence-electron chi connectivity index (χ3n) is 4.30. The monoisotopic (exact) mass is 354 g/mol. The van der Waals surface area contributed by atoms with Crippen LogP contribution < -0.4 is 15.4 Å². The first-order valence-electron chi connectivity index (χ1n) is 8.67. The van der Waals surface area contributed by atoms with Gasteiger partial charge in [-0.3, -0.25) is 9.59 Å². The molecular formula is C20H22N2O4. The Morgan fingerprint density at radius 2 is 1.85 bits per heavy atom. The Kier molecular flexibility index (Phi) is 5.86. The second kappa shape index (κ2) is 8.49. The Bertz CT molecular complexity index is 777. The number of carbonyl (C=O) groups is 2. The fourth-order valence-electron chi connectivity index (χ4n) is 2.85. The summed E-state index contributed by atoms with van der Waals surface area (Å²) in [6.45, 7) is 1.00. The number of nitrogens with one attached hydrogen (secondary N) is 2. The molecule has 1 aliphatic heterocycles. The van der Waals surface area contributed by atoms with Gasteiger partial charge in [-0.2, -0.15) is 0 Å². The molecule has 6 heteroatoms. The van der Waals surface area contributed by atoms with Crippen LogP contribution in [0, 0.1) is 0 Å². The van der Waals surface area contributed by atoms with Gasteiger partial charge in [-0.25, -0.2) is 0 Å². The van der Waals surface area contributed by atoms with E-state index in [4.69, 9.17) is 4.74 Å². The zero-order valence-electron chi connectivity index (χ0n) is 14.4. The third kappa shape index (κ3) is 4.61. The summed E-state index contributed by atoms with van der Waals surface area (Å²) in [4.78, 5) is 23.7. The van der Waals surface area contributed by atoms with Crippen molar-refractivity contribution in [3.8, 4) is 5.75 Å². The molecule has 6 nitrogen and oxygen atoms in total. The van der Waals surface area contributed by atoms with Gasteiger partial charge in [-0.05, 0) is 35.2 Å². The minimum absolute atomic E-state index is 0.0232. The Labute approximate surface area is 152 Å². The molecule has 0 bridgehead atoms. The summed E-state index contributed by atoms with van der Waals surface area (Å²) in [5, 5.41) is 15.3. The lowest BCUT2D eigenvalue weighted by Gasteiger charge is -2.13. The number of hydrogen-bond acceptors (Lipinski definition) is 4. The van der Waals surface area contributed by atoms with E-state index in [1.807, 2.05) is 42.5 Å². The van der Waals surface area contributed by atoms with E-state index in [1.165, 1.54) is 0 Å². The van der Waals surface area contributed by atoms with Crippen molar-refractivity contribution in [3.63, 3.8) is 0 Å². The van der Waals surface area contributed by atoms with Crippen molar-refractivity contribution in [1.29, 1.82) is 0 Å². The van der Waals surface area contributed by atoms with Gasteiger partial charge in [-0.15, -0.1) is 0 Å². The van der Waals surface area contributed by atoms with Gasteiger partial charge < -0.3 is 20.5 Å². The molecule has 0 saturated heterocycles. The molecule has 2 aromatic carbocycles. The summed E-state index contributed by atoms with van der Waals surface area (Å²) in [6.07, 6.45) is 0.591. The molecule has 26 heavy (non-hydrogen) atoms. The average Bonchev–Trinajstić information content (AvgIpc) is 3.14. The zero-order valence-corrected chi connectivity index (χ0v) is 14.4. The summed E-state index contributed by atoms with van der Waals surface area (Å²) < 4.78 is 5.43. The van der Waals surface area contributed by atoms with E-state index in [-0.39, 0.29) is 6.54 Å². The van der Waals surface area contributed by atoms with Crippen LogP contribution in [0.3, 0.4) is 0 Å². The molecule has 2 aromatic rings. The molecule has 3 N–H and O–H groups in total. The van der Waals surface area contributed by atoms with Crippen molar-refractivity contribution in [2.45, 2.75) is 18.9 Å². The Morgan fingerprint density at radius 3 is 2.65 bits per heavy atom. The number of carbonyl (C=O) groups excluding carboxylic acids is 2. The molecule has 3 rings (SSSR count). The molecule has 1 atom stereocenters. The number of fused-ring (bicyclic) bond motifs is 1. The third-order valence-corrected chi connectivity index (χ3v) is 4.30. The average molecular weight is 354 g/mol. The number of benzene rings is 2. The fourth-order valence-corrected chi connectivity index (χ4v) is 2.85. The standard InChI is InChI=1S/C20H22N2O4/c23-17(15-6-7-18-16(12-15)9-11-26-18)13-22-20(25)19(24)21-10-8-14-4-2-1-3-5-14/h1-7,12,17,23H,8-11,13H2,(H,21,24)(H,22,25). The van der Waals surface area contributed by atoms with Crippen LogP contribution in [-0.2, 0) is 22.4 Å². The molecule has 0 aliphatic carbocycles. The first-order valence-corrected chi connectivity index (χ1v) is 8.67. The maximum atomic E-state index is 11.9. The van der Waals surface area contributed by atoms with Crippen molar-refractivity contribution >= 4 is 11.8 Å². The molecule has 136 valence electrons. The maximum Gasteiger partial charge on any atom is 0.309 e. The normalized spacial score (nSPS) is 13.4. The first-order chi connectivity index (χ1) is 12.6. The SMILES string of the molecule is O=C(NCCc1ccccc1)C(=O)NCC(O)c1ccc2c(c1)CCO2. The Morgan fingerprint density at radius 1 is 1.08 bits per heavy atom. The van der Waals surface area contributed by atoms with Gasteiger partial charge in [0.05, 0.1) is 12.7 Å². The molecule has 0 fully saturated rings. The molecule has 2 amide bonds. The van der Waals surface area contributed by atoms with Gasteiger partial charge in [0.25, 0.3) is 0 Å². The fraction of sp³-hybridized carbons (Fsp3) is 0.300. The lowest BCUT2D eigenvalue weighted by Crippen LogP contribution is -2.42. The van der Waals surface area contributed by atoms with E-state index in [9.17, 15) is 14.7 Å². The van der Waals surface area contributed by atoms with Crippen LogP contribution in [0.25, 0.3) is 0 Å². The van der Waals surface area contributed by atoms with Crippen molar-refractivity contribution in [2.24, 2.45) is 0 Å². The number of aliphatic hydroxyl groups excluding tert-OH is 1. The smallest absolute Gasteiger partial charge is 0.309 e. The van der Waals surface area contributed by atoms with Crippen LogP contribution in [-0.4, -0.2) is 36.6 Å². The highest BCUT2D eigenvalue weighted by molar-refractivity contribution is 6.35. The van der Waals surface area contributed by atoms with Gasteiger partial charge in [-0.1, -0.05) is 36.4 Å². The van der Waals surface area contributed by atoms with E-state index in [1.54, 1.807) is 6.07 Å². The Balaban J connectivity index is 1.42. The molecule has 0 saturated carbocycles. The molecular weight excluding hydrogens is 332 g/mol. The Hall–Kier alpha value is -2.86. The summed E-state index contributed by atoms with van der Waals surface area (Å²) in [5.41, 5.74) is 2.83. The topological polar surface area (TPSA) is 87.7 Å². The van der Waals surface area contributed by atoms with Gasteiger partial charge in [0, 0.05) is 19.5 Å². The molecule has 1 heterocycles. The van der Waals surface area contributed by atoms with Gasteiger partial charge in [0.2, 0.25) is 0 Å². The number of rotatable bonds is 6. The summed E-state index contributed by atoms with van der Waals surface area (Å²) >= 11 is 0. The highest BCUT2D eigenvalue weighted by atomic mass is 16.5. The lowest BCUT2D eigenvalue weighted by molar-refractivity contribution is -0.139. The summed E-state index contributed by atoms with van der Waals surface area (Å²) in [7, 11) is 0. The minimum Gasteiger partial charge on any atom is -0.493 e.